The highest BCUT2D eigenvalue weighted by Crippen LogP contribution is 2.18. The van der Waals surface area contributed by atoms with Crippen LogP contribution >= 0.6 is 0 Å². The number of hydrogen-bond acceptors (Lipinski definition) is 6. The first-order chi connectivity index (χ1) is 6.07. The van der Waals surface area contributed by atoms with E-state index in [-0.39, 0.29) is 0 Å². The first-order valence-corrected chi connectivity index (χ1v) is 4.10. The van der Waals surface area contributed by atoms with Crippen LogP contribution in [0.25, 0.3) is 0 Å². The van der Waals surface area contributed by atoms with Gasteiger partial charge in [0.05, 0.1) is 0 Å². The third kappa shape index (κ3) is 2.16. The molecule has 0 aromatic heterocycles. The van der Waals surface area contributed by atoms with E-state index in [1.807, 2.05) is 0 Å². The summed E-state index contributed by atoms with van der Waals surface area (Å²) < 4.78 is 4.85. The molecule has 0 spiro atoms. The Bertz CT molecular complexity index is 167. The SMILES string of the molecule is CNC[C@H]1O[C@@H](O)[C@H](O)[C@@H](O)[C@@H]1O. The summed E-state index contributed by atoms with van der Waals surface area (Å²) in [4.78, 5) is 0. The largest absolute Gasteiger partial charge is 0.388 e. The van der Waals surface area contributed by atoms with Crippen molar-refractivity contribution in [1.29, 1.82) is 0 Å². The maximum absolute atomic E-state index is 9.37. The Labute approximate surface area is 75.8 Å². The molecule has 0 aromatic carbocycles. The van der Waals surface area contributed by atoms with E-state index in [1.165, 1.54) is 0 Å². The Morgan fingerprint density at radius 1 is 1.08 bits per heavy atom. The van der Waals surface area contributed by atoms with Crippen molar-refractivity contribution in [2.24, 2.45) is 0 Å². The maximum atomic E-state index is 9.37. The molecule has 6 heteroatoms. The van der Waals surface area contributed by atoms with E-state index in [4.69, 9.17) is 14.9 Å². The van der Waals surface area contributed by atoms with E-state index in [2.05, 4.69) is 5.32 Å². The number of aliphatic hydroxyl groups is 4. The molecule has 78 valence electrons. The van der Waals surface area contributed by atoms with Crippen LogP contribution in [-0.4, -0.2) is 64.7 Å². The lowest BCUT2D eigenvalue weighted by Crippen LogP contribution is -2.59. The zero-order valence-electron chi connectivity index (χ0n) is 7.29. The molecule has 1 aliphatic heterocycles. The smallest absolute Gasteiger partial charge is 0.184 e. The van der Waals surface area contributed by atoms with Gasteiger partial charge < -0.3 is 30.5 Å². The van der Waals surface area contributed by atoms with Crippen molar-refractivity contribution in [3.63, 3.8) is 0 Å². The van der Waals surface area contributed by atoms with Crippen molar-refractivity contribution in [3.8, 4) is 0 Å². The fraction of sp³-hybridized carbons (Fsp3) is 1.00. The van der Waals surface area contributed by atoms with Crippen LogP contribution < -0.4 is 5.32 Å². The fourth-order valence-corrected chi connectivity index (χ4v) is 1.30. The summed E-state index contributed by atoms with van der Waals surface area (Å²) in [5.41, 5.74) is 0. The highest BCUT2D eigenvalue weighted by molar-refractivity contribution is 4.89. The lowest BCUT2D eigenvalue weighted by molar-refractivity contribution is -0.280. The van der Waals surface area contributed by atoms with Crippen molar-refractivity contribution >= 4 is 0 Å². The molecule has 0 amide bonds. The Morgan fingerprint density at radius 3 is 2.23 bits per heavy atom. The van der Waals surface area contributed by atoms with Crippen LogP contribution in [0.5, 0.6) is 0 Å². The van der Waals surface area contributed by atoms with E-state index in [0.717, 1.165) is 0 Å². The van der Waals surface area contributed by atoms with Crippen LogP contribution in [0, 0.1) is 0 Å². The minimum atomic E-state index is -1.46. The molecule has 5 atom stereocenters. The van der Waals surface area contributed by atoms with Crippen LogP contribution in [0.1, 0.15) is 0 Å². The van der Waals surface area contributed by atoms with Gasteiger partial charge in [-0.3, -0.25) is 0 Å². The van der Waals surface area contributed by atoms with Gasteiger partial charge in [-0.15, -0.1) is 0 Å². The summed E-state index contributed by atoms with van der Waals surface area (Å²) >= 11 is 0. The van der Waals surface area contributed by atoms with E-state index in [1.54, 1.807) is 7.05 Å². The maximum Gasteiger partial charge on any atom is 0.184 e. The zero-order chi connectivity index (χ0) is 10.0. The molecule has 0 unspecified atom stereocenters. The van der Waals surface area contributed by atoms with Crippen LogP contribution in [0.15, 0.2) is 0 Å². The summed E-state index contributed by atoms with van der Waals surface area (Å²) in [6, 6.07) is 0. The third-order valence-corrected chi connectivity index (χ3v) is 2.09. The van der Waals surface area contributed by atoms with Gasteiger partial charge in [0.2, 0.25) is 0 Å². The van der Waals surface area contributed by atoms with E-state index in [9.17, 15) is 10.2 Å². The van der Waals surface area contributed by atoms with Crippen molar-refractivity contribution in [2.45, 2.75) is 30.7 Å². The Kier molecular flexibility index (Phi) is 3.60. The zero-order valence-corrected chi connectivity index (χ0v) is 7.29. The second kappa shape index (κ2) is 4.32. The summed E-state index contributed by atoms with van der Waals surface area (Å²) in [5, 5.41) is 39.5. The van der Waals surface area contributed by atoms with Crippen LogP contribution in [0.4, 0.5) is 0 Å². The van der Waals surface area contributed by atoms with Gasteiger partial charge >= 0.3 is 0 Å². The molecular formula is C7H15NO5. The average molecular weight is 193 g/mol. The Balaban J connectivity index is 2.59. The van der Waals surface area contributed by atoms with Gasteiger partial charge in [0.15, 0.2) is 6.29 Å². The molecule has 1 fully saturated rings. The van der Waals surface area contributed by atoms with E-state index < -0.39 is 30.7 Å². The lowest BCUT2D eigenvalue weighted by Gasteiger charge is -2.38. The highest BCUT2D eigenvalue weighted by Gasteiger charge is 2.42. The molecule has 6 nitrogen and oxygen atoms in total. The summed E-state index contributed by atoms with van der Waals surface area (Å²) in [6.07, 6.45) is -6.17. The van der Waals surface area contributed by atoms with Crippen molar-refractivity contribution in [2.75, 3.05) is 13.6 Å². The Morgan fingerprint density at radius 2 is 1.69 bits per heavy atom. The second-order valence-electron chi connectivity index (χ2n) is 3.09. The predicted molar refractivity (Wildman–Crippen MR) is 42.8 cm³/mol. The third-order valence-electron chi connectivity index (χ3n) is 2.09. The van der Waals surface area contributed by atoms with Crippen molar-refractivity contribution in [3.05, 3.63) is 0 Å². The summed E-state index contributed by atoms with van der Waals surface area (Å²) in [5.74, 6) is 0. The molecule has 0 aliphatic carbocycles. The summed E-state index contributed by atoms with van der Waals surface area (Å²) in [7, 11) is 1.65. The van der Waals surface area contributed by atoms with Crippen LogP contribution in [-0.2, 0) is 4.74 Å². The van der Waals surface area contributed by atoms with Crippen LogP contribution in [0.3, 0.4) is 0 Å². The monoisotopic (exact) mass is 193 g/mol. The van der Waals surface area contributed by atoms with E-state index in [0.29, 0.717) is 6.54 Å². The standard InChI is InChI=1S/C7H15NO5/c1-8-2-3-4(9)5(10)6(11)7(12)13-3/h3-12H,2H2,1H3/t3-,4-,5+,6-,7-/m1/s1. The van der Waals surface area contributed by atoms with Crippen LogP contribution in [0.2, 0.25) is 0 Å². The number of rotatable bonds is 2. The topological polar surface area (TPSA) is 102 Å². The number of nitrogens with one attached hydrogen (secondary N) is 1. The average Bonchev–Trinajstić information content (AvgIpc) is 2.11. The molecule has 1 aliphatic rings. The molecule has 13 heavy (non-hydrogen) atoms. The molecule has 1 saturated heterocycles. The lowest BCUT2D eigenvalue weighted by atomic mass is 9.99. The van der Waals surface area contributed by atoms with Gasteiger partial charge in [-0.1, -0.05) is 0 Å². The van der Waals surface area contributed by atoms with Gasteiger partial charge in [0, 0.05) is 6.54 Å². The van der Waals surface area contributed by atoms with Gasteiger partial charge in [-0.05, 0) is 7.05 Å². The second-order valence-corrected chi connectivity index (χ2v) is 3.09. The summed E-state index contributed by atoms with van der Waals surface area (Å²) in [6.45, 7) is 0.294. The van der Waals surface area contributed by atoms with Crippen molar-refractivity contribution < 1.29 is 25.2 Å². The quantitative estimate of drug-likeness (QED) is 0.320. The minimum Gasteiger partial charge on any atom is -0.388 e. The Hall–Kier alpha value is -0.240. The number of aliphatic hydroxyl groups excluding tert-OH is 4. The molecule has 1 rings (SSSR count). The van der Waals surface area contributed by atoms with Gasteiger partial charge in [0.1, 0.15) is 24.4 Å². The number of likely N-dealkylation sites (N-methyl/N-ethyl adjacent to an activating group) is 1. The van der Waals surface area contributed by atoms with E-state index >= 15 is 0 Å². The van der Waals surface area contributed by atoms with Gasteiger partial charge in [-0.25, -0.2) is 0 Å². The first-order valence-electron chi connectivity index (χ1n) is 4.10. The predicted octanol–water partition coefficient (Wildman–Crippen LogP) is -2.99. The fourth-order valence-electron chi connectivity index (χ4n) is 1.30. The first kappa shape index (κ1) is 10.8. The number of ether oxygens (including phenoxy) is 1. The molecule has 1 heterocycles. The molecule has 5 N–H and O–H groups in total. The molecule has 0 saturated carbocycles. The molecule has 0 aromatic rings. The molecular weight excluding hydrogens is 178 g/mol. The minimum absolute atomic E-state index is 0.294. The highest BCUT2D eigenvalue weighted by atomic mass is 16.6. The van der Waals surface area contributed by atoms with Crippen molar-refractivity contribution in [1.82, 2.24) is 5.32 Å². The molecule has 0 radical (unpaired) electrons. The molecule has 0 bridgehead atoms. The normalized spacial score (nSPS) is 46.4. The van der Waals surface area contributed by atoms with Gasteiger partial charge in [-0.2, -0.15) is 0 Å². The van der Waals surface area contributed by atoms with Gasteiger partial charge in [0.25, 0.3) is 0 Å². The number of hydrogen-bond donors (Lipinski definition) is 5.